The Hall–Kier alpha value is -2.86. The highest BCUT2D eigenvalue weighted by molar-refractivity contribution is 5.57. The average molecular weight is 391 g/mol. The predicted octanol–water partition coefficient (Wildman–Crippen LogP) is 4.12. The molecule has 2 aromatic heterocycles. The maximum atomic E-state index is 13.4. The van der Waals surface area contributed by atoms with Gasteiger partial charge in [-0.2, -0.15) is 0 Å². The number of likely N-dealkylation sites (tertiary alicyclic amines) is 1. The Morgan fingerprint density at radius 1 is 1.03 bits per heavy atom. The van der Waals surface area contributed by atoms with Gasteiger partial charge in [0.05, 0.1) is 0 Å². The molecular weight excluding hydrogens is 365 g/mol. The Kier molecular flexibility index (Phi) is 5.81. The fourth-order valence-corrected chi connectivity index (χ4v) is 3.80. The molecular formula is C23H26FN5. The Bertz CT molecular complexity index is 952. The Morgan fingerprint density at radius 2 is 1.79 bits per heavy atom. The van der Waals surface area contributed by atoms with Crippen molar-refractivity contribution in [1.29, 1.82) is 0 Å². The predicted molar refractivity (Wildman–Crippen MR) is 113 cm³/mol. The summed E-state index contributed by atoms with van der Waals surface area (Å²) in [5.74, 6) is 1.90. The van der Waals surface area contributed by atoms with E-state index in [1.54, 1.807) is 24.5 Å². The van der Waals surface area contributed by atoms with E-state index in [0.29, 0.717) is 5.92 Å². The third-order valence-corrected chi connectivity index (χ3v) is 5.43. The van der Waals surface area contributed by atoms with Crippen LogP contribution in [0.1, 0.15) is 30.0 Å². The van der Waals surface area contributed by atoms with Crippen LogP contribution in [0.15, 0.2) is 54.9 Å². The zero-order valence-corrected chi connectivity index (χ0v) is 16.9. The van der Waals surface area contributed by atoms with Crippen LogP contribution in [0, 0.1) is 5.82 Å². The highest BCUT2D eigenvalue weighted by atomic mass is 19.1. The SMILES string of the molecule is CN(C)c1cc(C2CCN(Cc3cccc(F)c3)CC2)nc(-c2ccncc2)n1. The van der Waals surface area contributed by atoms with Gasteiger partial charge in [0, 0.05) is 56.3 Å². The first-order chi connectivity index (χ1) is 14.1. The van der Waals surface area contributed by atoms with E-state index in [2.05, 4.69) is 16.0 Å². The molecule has 1 fully saturated rings. The molecule has 0 atom stereocenters. The second-order valence-corrected chi connectivity index (χ2v) is 7.79. The van der Waals surface area contributed by atoms with Crippen molar-refractivity contribution in [2.45, 2.75) is 25.3 Å². The summed E-state index contributed by atoms with van der Waals surface area (Å²) in [5, 5.41) is 0. The lowest BCUT2D eigenvalue weighted by atomic mass is 9.92. The molecule has 5 nitrogen and oxygen atoms in total. The van der Waals surface area contributed by atoms with Gasteiger partial charge in [-0.05, 0) is 55.8 Å². The van der Waals surface area contributed by atoms with E-state index in [1.807, 2.05) is 37.2 Å². The van der Waals surface area contributed by atoms with Crippen molar-refractivity contribution in [1.82, 2.24) is 19.9 Å². The van der Waals surface area contributed by atoms with Crippen LogP contribution in [-0.2, 0) is 6.54 Å². The number of hydrogen-bond donors (Lipinski definition) is 0. The molecule has 3 aromatic rings. The first-order valence-corrected chi connectivity index (χ1v) is 10.0. The summed E-state index contributed by atoms with van der Waals surface area (Å²) in [6, 6.07) is 12.9. The van der Waals surface area contributed by atoms with E-state index in [0.717, 1.165) is 60.9 Å². The fourth-order valence-electron chi connectivity index (χ4n) is 3.80. The molecule has 1 saturated heterocycles. The fraction of sp³-hybridized carbons (Fsp3) is 0.348. The minimum atomic E-state index is -0.168. The summed E-state index contributed by atoms with van der Waals surface area (Å²) in [4.78, 5) is 18.1. The summed E-state index contributed by atoms with van der Waals surface area (Å²) in [7, 11) is 4.01. The first-order valence-electron chi connectivity index (χ1n) is 10.0. The van der Waals surface area contributed by atoms with Crippen molar-refractivity contribution in [3.8, 4) is 11.4 Å². The van der Waals surface area contributed by atoms with Crippen molar-refractivity contribution >= 4 is 5.82 Å². The maximum Gasteiger partial charge on any atom is 0.161 e. The normalized spacial score (nSPS) is 15.4. The number of rotatable bonds is 5. The molecule has 0 radical (unpaired) electrons. The zero-order valence-electron chi connectivity index (χ0n) is 16.9. The molecule has 3 heterocycles. The van der Waals surface area contributed by atoms with Crippen LogP contribution in [0.3, 0.4) is 0 Å². The number of aromatic nitrogens is 3. The number of hydrogen-bond acceptors (Lipinski definition) is 5. The average Bonchev–Trinajstić information content (AvgIpc) is 2.74. The van der Waals surface area contributed by atoms with Crippen LogP contribution >= 0.6 is 0 Å². The largest absolute Gasteiger partial charge is 0.363 e. The van der Waals surface area contributed by atoms with Gasteiger partial charge < -0.3 is 4.90 Å². The number of benzene rings is 1. The van der Waals surface area contributed by atoms with Crippen molar-refractivity contribution < 1.29 is 4.39 Å². The summed E-state index contributed by atoms with van der Waals surface area (Å²) >= 11 is 0. The van der Waals surface area contributed by atoms with Crippen LogP contribution < -0.4 is 4.90 Å². The highest BCUT2D eigenvalue weighted by Crippen LogP contribution is 2.30. The Balaban J connectivity index is 1.49. The molecule has 1 aliphatic heterocycles. The highest BCUT2D eigenvalue weighted by Gasteiger charge is 2.23. The first kappa shape index (κ1) is 19.5. The minimum Gasteiger partial charge on any atom is -0.363 e. The van der Waals surface area contributed by atoms with Gasteiger partial charge in [0.1, 0.15) is 11.6 Å². The number of anilines is 1. The Morgan fingerprint density at radius 3 is 2.48 bits per heavy atom. The maximum absolute atomic E-state index is 13.4. The molecule has 6 heteroatoms. The topological polar surface area (TPSA) is 45.2 Å². The third-order valence-electron chi connectivity index (χ3n) is 5.43. The monoisotopic (exact) mass is 391 g/mol. The van der Waals surface area contributed by atoms with Crippen molar-refractivity contribution in [2.24, 2.45) is 0 Å². The lowest BCUT2D eigenvalue weighted by molar-refractivity contribution is 0.203. The van der Waals surface area contributed by atoms with E-state index in [1.165, 1.54) is 6.07 Å². The summed E-state index contributed by atoms with van der Waals surface area (Å²) in [6.07, 6.45) is 5.61. The standard InChI is InChI=1S/C23H26FN5/c1-28(2)22-15-21(26-23(27-22)19-6-10-25-11-7-19)18-8-12-29(13-9-18)16-17-4-3-5-20(24)14-17/h3-7,10-11,14-15,18H,8-9,12-13,16H2,1-2H3. The molecule has 1 aromatic carbocycles. The molecule has 0 saturated carbocycles. The van der Waals surface area contributed by atoms with Crippen molar-refractivity contribution in [3.05, 3.63) is 71.9 Å². The summed E-state index contributed by atoms with van der Waals surface area (Å²) < 4.78 is 13.4. The summed E-state index contributed by atoms with van der Waals surface area (Å²) in [5.41, 5.74) is 3.11. The van der Waals surface area contributed by atoms with Crippen LogP contribution in [0.5, 0.6) is 0 Å². The zero-order chi connectivity index (χ0) is 20.2. The van der Waals surface area contributed by atoms with Crippen LogP contribution in [-0.4, -0.2) is 47.0 Å². The van der Waals surface area contributed by atoms with Crippen molar-refractivity contribution in [3.63, 3.8) is 0 Å². The van der Waals surface area contributed by atoms with Gasteiger partial charge in [-0.3, -0.25) is 9.88 Å². The van der Waals surface area contributed by atoms with Crippen molar-refractivity contribution in [2.75, 3.05) is 32.1 Å². The van der Waals surface area contributed by atoms with Gasteiger partial charge in [0.2, 0.25) is 0 Å². The third kappa shape index (κ3) is 4.77. The number of piperidine rings is 1. The molecule has 1 aliphatic rings. The van der Waals surface area contributed by atoms with Gasteiger partial charge in [0.25, 0.3) is 0 Å². The van der Waals surface area contributed by atoms with Crippen LogP contribution in [0.4, 0.5) is 10.2 Å². The molecule has 0 N–H and O–H groups in total. The van der Waals surface area contributed by atoms with E-state index in [-0.39, 0.29) is 5.82 Å². The second-order valence-electron chi connectivity index (χ2n) is 7.79. The lowest BCUT2D eigenvalue weighted by Crippen LogP contribution is -2.32. The molecule has 29 heavy (non-hydrogen) atoms. The van der Waals surface area contributed by atoms with Crippen LogP contribution in [0.2, 0.25) is 0 Å². The number of pyridine rings is 1. The summed E-state index contributed by atoms with van der Waals surface area (Å²) in [6.45, 7) is 2.75. The molecule has 0 unspecified atom stereocenters. The van der Waals surface area contributed by atoms with Gasteiger partial charge >= 0.3 is 0 Å². The van der Waals surface area contributed by atoms with Gasteiger partial charge in [-0.1, -0.05) is 12.1 Å². The van der Waals surface area contributed by atoms with Crippen LogP contribution in [0.25, 0.3) is 11.4 Å². The number of halogens is 1. The van der Waals surface area contributed by atoms with Gasteiger partial charge in [-0.25, -0.2) is 14.4 Å². The molecule has 0 spiro atoms. The van der Waals surface area contributed by atoms with Gasteiger partial charge in [-0.15, -0.1) is 0 Å². The second kappa shape index (κ2) is 8.66. The van der Waals surface area contributed by atoms with E-state index in [4.69, 9.17) is 9.97 Å². The van der Waals surface area contributed by atoms with E-state index >= 15 is 0 Å². The minimum absolute atomic E-state index is 0.168. The molecule has 0 aliphatic carbocycles. The molecule has 150 valence electrons. The quantitative estimate of drug-likeness (QED) is 0.655. The molecule has 0 bridgehead atoms. The van der Waals surface area contributed by atoms with Gasteiger partial charge in [0.15, 0.2) is 5.82 Å². The smallest absolute Gasteiger partial charge is 0.161 e. The Labute approximate surface area is 171 Å². The lowest BCUT2D eigenvalue weighted by Gasteiger charge is -2.32. The molecule has 0 amide bonds. The number of nitrogens with zero attached hydrogens (tertiary/aromatic N) is 5. The van der Waals surface area contributed by atoms with E-state index in [9.17, 15) is 4.39 Å². The van der Waals surface area contributed by atoms with E-state index < -0.39 is 0 Å². The molecule has 4 rings (SSSR count).